The summed E-state index contributed by atoms with van der Waals surface area (Å²) >= 11 is 0. The first kappa shape index (κ1) is 19.5. The smallest absolute Gasteiger partial charge is 0.266 e. The topological polar surface area (TPSA) is 65.4 Å². The highest BCUT2D eigenvalue weighted by molar-refractivity contribution is 6.10. The molecule has 28 heavy (non-hydrogen) atoms. The number of ether oxygens (including phenoxy) is 1. The van der Waals surface area contributed by atoms with E-state index in [1.54, 1.807) is 24.3 Å². The first-order valence-corrected chi connectivity index (χ1v) is 9.62. The maximum atomic E-state index is 12.5. The molecule has 0 bridgehead atoms. The van der Waals surface area contributed by atoms with Crippen LogP contribution < -0.4 is 15.0 Å². The molecule has 2 aromatic rings. The van der Waals surface area contributed by atoms with Crippen LogP contribution >= 0.6 is 0 Å². The van der Waals surface area contributed by atoms with E-state index in [4.69, 9.17) is 4.74 Å². The Bertz CT molecular complexity index is 873. The lowest BCUT2D eigenvalue weighted by molar-refractivity contribution is -0.112. The number of amides is 1. The van der Waals surface area contributed by atoms with Crippen LogP contribution in [0.2, 0.25) is 0 Å². The van der Waals surface area contributed by atoms with Crippen LogP contribution in [0.15, 0.2) is 54.1 Å². The van der Waals surface area contributed by atoms with E-state index in [-0.39, 0.29) is 5.57 Å². The normalized spacial score (nSPS) is 14.7. The van der Waals surface area contributed by atoms with Crippen LogP contribution in [0.5, 0.6) is 5.75 Å². The Balaban J connectivity index is 1.73. The van der Waals surface area contributed by atoms with E-state index in [0.717, 1.165) is 18.7 Å². The van der Waals surface area contributed by atoms with Gasteiger partial charge in [0.15, 0.2) is 0 Å². The predicted molar refractivity (Wildman–Crippen MR) is 112 cm³/mol. The molecule has 1 amide bonds. The summed E-state index contributed by atoms with van der Waals surface area (Å²) in [5.41, 5.74) is 2.60. The van der Waals surface area contributed by atoms with Crippen molar-refractivity contribution in [2.45, 2.75) is 25.7 Å². The zero-order valence-electron chi connectivity index (χ0n) is 16.1. The number of methoxy groups -OCH3 is 1. The first-order valence-electron chi connectivity index (χ1n) is 9.62. The lowest BCUT2D eigenvalue weighted by atomic mass is 10.1. The maximum absolute atomic E-state index is 12.5. The highest BCUT2D eigenvalue weighted by Gasteiger charge is 2.13. The molecule has 0 saturated carbocycles. The summed E-state index contributed by atoms with van der Waals surface area (Å²) in [6.07, 6.45) is 6.65. The van der Waals surface area contributed by atoms with Crippen molar-refractivity contribution in [3.05, 3.63) is 59.7 Å². The zero-order valence-corrected chi connectivity index (χ0v) is 16.1. The van der Waals surface area contributed by atoms with E-state index in [2.05, 4.69) is 22.3 Å². The molecule has 0 radical (unpaired) electrons. The molecule has 0 aromatic heterocycles. The number of carbonyl (C=O) groups is 1. The molecule has 5 nitrogen and oxygen atoms in total. The molecule has 1 aliphatic rings. The molecule has 0 atom stereocenters. The molecule has 1 saturated heterocycles. The van der Waals surface area contributed by atoms with Gasteiger partial charge in [-0.1, -0.05) is 37.1 Å². The molecular formula is C23H25N3O2. The number of rotatable bonds is 5. The van der Waals surface area contributed by atoms with Gasteiger partial charge in [-0.2, -0.15) is 5.26 Å². The Kier molecular flexibility index (Phi) is 6.69. The lowest BCUT2D eigenvalue weighted by Crippen LogP contribution is -2.23. The van der Waals surface area contributed by atoms with Gasteiger partial charge in [0, 0.05) is 18.8 Å². The molecule has 0 spiro atoms. The van der Waals surface area contributed by atoms with Crippen molar-refractivity contribution < 1.29 is 9.53 Å². The molecule has 1 fully saturated rings. The molecule has 144 valence electrons. The van der Waals surface area contributed by atoms with Gasteiger partial charge >= 0.3 is 0 Å². The Hall–Kier alpha value is -3.26. The van der Waals surface area contributed by atoms with Crippen LogP contribution in [0.1, 0.15) is 31.2 Å². The van der Waals surface area contributed by atoms with Gasteiger partial charge < -0.3 is 15.0 Å². The van der Waals surface area contributed by atoms with Crippen molar-refractivity contribution in [1.29, 1.82) is 5.26 Å². The Morgan fingerprint density at radius 1 is 1.07 bits per heavy atom. The van der Waals surface area contributed by atoms with Crippen molar-refractivity contribution in [1.82, 2.24) is 0 Å². The first-order chi connectivity index (χ1) is 13.7. The van der Waals surface area contributed by atoms with Gasteiger partial charge in [-0.25, -0.2) is 0 Å². The van der Waals surface area contributed by atoms with Crippen LogP contribution in [-0.2, 0) is 4.79 Å². The van der Waals surface area contributed by atoms with E-state index < -0.39 is 5.91 Å². The number of nitrogens with one attached hydrogen (secondary N) is 1. The monoisotopic (exact) mass is 375 g/mol. The SMILES string of the molecule is COc1ccccc1NC(=O)/C(C#N)=C/c1ccc(N2CCCCCC2)cc1. The second-order valence-electron chi connectivity index (χ2n) is 6.82. The van der Waals surface area contributed by atoms with E-state index in [1.165, 1.54) is 38.5 Å². The summed E-state index contributed by atoms with van der Waals surface area (Å²) in [5, 5.41) is 12.2. The second kappa shape index (κ2) is 9.61. The molecular weight excluding hydrogens is 350 g/mol. The molecule has 1 N–H and O–H groups in total. The minimum atomic E-state index is -0.455. The fourth-order valence-electron chi connectivity index (χ4n) is 3.36. The van der Waals surface area contributed by atoms with Crippen LogP contribution in [0.4, 0.5) is 11.4 Å². The standard InChI is InChI=1S/C23H25N3O2/c1-28-22-9-5-4-8-21(22)25-23(27)19(17-24)16-18-10-12-20(13-11-18)26-14-6-2-3-7-15-26/h4-5,8-13,16H,2-3,6-7,14-15H2,1H3,(H,25,27)/b19-16+. The van der Waals surface area contributed by atoms with Crippen LogP contribution in [0.3, 0.4) is 0 Å². The van der Waals surface area contributed by atoms with E-state index >= 15 is 0 Å². The highest BCUT2D eigenvalue weighted by Crippen LogP contribution is 2.24. The van der Waals surface area contributed by atoms with Gasteiger partial charge in [0.2, 0.25) is 0 Å². The minimum absolute atomic E-state index is 0.0495. The zero-order chi connectivity index (χ0) is 19.8. The van der Waals surface area contributed by atoms with Gasteiger partial charge in [-0.15, -0.1) is 0 Å². The number of hydrogen-bond acceptors (Lipinski definition) is 4. The molecule has 0 unspecified atom stereocenters. The summed E-state index contributed by atoms with van der Waals surface area (Å²) in [6, 6.07) is 17.1. The van der Waals surface area contributed by atoms with Gasteiger partial charge in [-0.3, -0.25) is 4.79 Å². The van der Waals surface area contributed by atoms with Crippen molar-refractivity contribution in [3.8, 4) is 11.8 Å². The summed E-state index contributed by atoms with van der Waals surface area (Å²) < 4.78 is 5.24. The summed E-state index contributed by atoms with van der Waals surface area (Å²) in [4.78, 5) is 14.9. The predicted octanol–water partition coefficient (Wildman–Crippen LogP) is 4.62. The third-order valence-electron chi connectivity index (χ3n) is 4.90. The maximum Gasteiger partial charge on any atom is 0.266 e. The van der Waals surface area contributed by atoms with Crippen molar-refractivity contribution in [2.24, 2.45) is 0 Å². The molecule has 1 aliphatic heterocycles. The number of nitrogens with zero attached hydrogens (tertiary/aromatic N) is 2. The van der Waals surface area contributed by atoms with Crippen LogP contribution in [0.25, 0.3) is 6.08 Å². The Labute approximate surface area is 166 Å². The summed E-state index contributed by atoms with van der Waals surface area (Å²) in [5.74, 6) is 0.0959. The van der Waals surface area contributed by atoms with E-state index in [9.17, 15) is 10.1 Å². The molecule has 0 aliphatic carbocycles. The molecule has 1 heterocycles. The van der Waals surface area contributed by atoms with Crippen molar-refractivity contribution in [2.75, 3.05) is 30.4 Å². The third-order valence-corrected chi connectivity index (χ3v) is 4.90. The number of hydrogen-bond donors (Lipinski definition) is 1. The average Bonchev–Trinajstić information content (AvgIpc) is 3.02. The molecule has 5 heteroatoms. The number of para-hydroxylation sites is 2. The van der Waals surface area contributed by atoms with Crippen molar-refractivity contribution >= 4 is 23.4 Å². The number of anilines is 2. The summed E-state index contributed by atoms with van der Waals surface area (Å²) in [6.45, 7) is 2.17. The third kappa shape index (κ3) is 4.92. The van der Waals surface area contributed by atoms with E-state index in [0.29, 0.717) is 11.4 Å². The van der Waals surface area contributed by atoms with Crippen LogP contribution in [0, 0.1) is 11.3 Å². The Morgan fingerprint density at radius 3 is 2.39 bits per heavy atom. The fraction of sp³-hybridized carbons (Fsp3) is 0.304. The number of nitriles is 1. The minimum Gasteiger partial charge on any atom is -0.495 e. The van der Waals surface area contributed by atoms with E-state index in [1.807, 2.05) is 24.3 Å². The van der Waals surface area contributed by atoms with Crippen molar-refractivity contribution in [3.63, 3.8) is 0 Å². The largest absolute Gasteiger partial charge is 0.495 e. The number of carbonyl (C=O) groups excluding carboxylic acids is 1. The number of benzene rings is 2. The average molecular weight is 375 g/mol. The highest BCUT2D eigenvalue weighted by atomic mass is 16.5. The van der Waals surface area contributed by atoms with Gasteiger partial charge in [0.25, 0.3) is 5.91 Å². The van der Waals surface area contributed by atoms with Crippen LogP contribution in [-0.4, -0.2) is 26.1 Å². The summed E-state index contributed by atoms with van der Waals surface area (Å²) in [7, 11) is 1.54. The van der Waals surface area contributed by atoms with Gasteiger partial charge in [-0.05, 0) is 48.7 Å². The fourth-order valence-corrected chi connectivity index (χ4v) is 3.36. The molecule has 2 aromatic carbocycles. The second-order valence-corrected chi connectivity index (χ2v) is 6.82. The van der Waals surface area contributed by atoms with Gasteiger partial charge in [0.1, 0.15) is 17.4 Å². The lowest BCUT2D eigenvalue weighted by Gasteiger charge is -2.22. The molecule has 3 rings (SSSR count). The quantitative estimate of drug-likeness (QED) is 0.612. The Morgan fingerprint density at radius 2 is 1.75 bits per heavy atom. The van der Waals surface area contributed by atoms with Gasteiger partial charge in [0.05, 0.1) is 12.8 Å².